The van der Waals surface area contributed by atoms with Gasteiger partial charge in [-0.25, -0.2) is 0 Å². The van der Waals surface area contributed by atoms with Gasteiger partial charge < -0.3 is 12.7 Å². The summed E-state index contributed by atoms with van der Waals surface area (Å²) in [7, 11) is -2.02. The SMILES string of the molecule is CCN(CC)[S-](=O)=O.[Rh]. The van der Waals surface area contributed by atoms with Crippen LogP contribution in [0.5, 0.6) is 0 Å². The van der Waals surface area contributed by atoms with Crippen LogP contribution in [0, 0.1) is 0 Å². The van der Waals surface area contributed by atoms with Crippen molar-refractivity contribution in [2.45, 2.75) is 13.8 Å². The quantitative estimate of drug-likeness (QED) is 0.532. The van der Waals surface area contributed by atoms with Crippen LogP contribution in [-0.4, -0.2) is 17.4 Å². The normalized spacial score (nSPS) is 9.78. The molecule has 0 saturated heterocycles. The smallest absolute Gasteiger partial charge is 0 e. The van der Waals surface area contributed by atoms with Crippen LogP contribution >= 0.6 is 0 Å². The molecule has 0 rings (SSSR count). The first-order chi connectivity index (χ1) is 3.72. The molecule has 0 aromatic heterocycles. The van der Waals surface area contributed by atoms with Gasteiger partial charge in [-0.3, -0.25) is 0 Å². The van der Waals surface area contributed by atoms with E-state index in [1.54, 1.807) is 13.8 Å². The minimum absolute atomic E-state index is 0. The molecule has 0 atom stereocenters. The largest absolute Gasteiger partial charge is 0.409 e. The number of nitrogens with zero attached hydrogens (tertiary/aromatic N) is 1. The molecule has 0 aromatic carbocycles. The molecular formula is C4H10NO2RhS-. The van der Waals surface area contributed by atoms with Crippen molar-refractivity contribution >= 4 is 10.9 Å². The molecule has 0 amide bonds. The van der Waals surface area contributed by atoms with E-state index in [1.165, 1.54) is 4.31 Å². The average Bonchev–Trinajstić information content (AvgIpc) is 1.69. The van der Waals surface area contributed by atoms with Gasteiger partial charge in [0.2, 0.25) is 0 Å². The second kappa shape index (κ2) is 6.65. The van der Waals surface area contributed by atoms with E-state index in [0.29, 0.717) is 13.1 Å². The maximum absolute atomic E-state index is 10.1. The van der Waals surface area contributed by atoms with Gasteiger partial charge in [0.15, 0.2) is 0 Å². The first-order valence-electron chi connectivity index (χ1n) is 2.56. The average molecular weight is 239 g/mol. The molecule has 0 heterocycles. The van der Waals surface area contributed by atoms with Crippen LogP contribution in [-0.2, 0) is 38.8 Å². The monoisotopic (exact) mass is 239 g/mol. The van der Waals surface area contributed by atoms with Crippen molar-refractivity contribution in [3.63, 3.8) is 0 Å². The molecule has 0 fully saturated rings. The van der Waals surface area contributed by atoms with Gasteiger partial charge in [-0.15, -0.1) is 0 Å². The first-order valence-corrected chi connectivity index (χ1v) is 3.59. The Bertz CT molecular complexity index is 114. The molecule has 0 aromatic rings. The van der Waals surface area contributed by atoms with E-state index in [1.807, 2.05) is 0 Å². The number of rotatable bonds is 3. The fourth-order valence-corrected chi connectivity index (χ4v) is 0.856. The number of hydrogen-bond donors (Lipinski definition) is 0. The molecule has 1 radical (unpaired) electrons. The Morgan fingerprint density at radius 2 is 1.56 bits per heavy atom. The molecular weight excluding hydrogens is 229 g/mol. The van der Waals surface area contributed by atoms with Crippen LogP contribution in [0.3, 0.4) is 0 Å². The van der Waals surface area contributed by atoms with E-state index < -0.39 is 10.9 Å². The summed E-state index contributed by atoms with van der Waals surface area (Å²) in [6.45, 7) is 4.73. The minimum atomic E-state index is -2.02. The first kappa shape index (κ1) is 12.2. The van der Waals surface area contributed by atoms with Gasteiger partial charge >= 0.3 is 0 Å². The maximum atomic E-state index is 10.1. The van der Waals surface area contributed by atoms with Crippen molar-refractivity contribution in [2.75, 3.05) is 13.1 Å². The van der Waals surface area contributed by atoms with Gasteiger partial charge in [-0.05, 0) is 24.0 Å². The third-order valence-corrected chi connectivity index (χ3v) is 1.85. The topological polar surface area (TPSA) is 37.4 Å². The van der Waals surface area contributed by atoms with Crippen LogP contribution in [0.4, 0.5) is 0 Å². The molecule has 3 nitrogen and oxygen atoms in total. The molecule has 0 aliphatic rings. The number of hydrogen-bond acceptors (Lipinski definition) is 3. The van der Waals surface area contributed by atoms with E-state index in [2.05, 4.69) is 0 Å². The van der Waals surface area contributed by atoms with E-state index >= 15 is 0 Å². The molecule has 0 unspecified atom stereocenters. The zero-order valence-electron chi connectivity index (χ0n) is 5.42. The van der Waals surface area contributed by atoms with E-state index in [4.69, 9.17) is 0 Å². The van der Waals surface area contributed by atoms with Crippen molar-refractivity contribution in [1.29, 1.82) is 0 Å². The van der Waals surface area contributed by atoms with Crippen LogP contribution < -0.4 is 0 Å². The Morgan fingerprint density at radius 1 is 1.22 bits per heavy atom. The van der Waals surface area contributed by atoms with Crippen LogP contribution in [0.15, 0.2) is 0 Å². The minimum Gasteiger partial charge on any atom is -0.409 e. The summed E-state index contributed by atoms with van der Waals surface area (Å²) in [6, 6.07) is 0. The molecule has 0 aliphatic carbocycles. The van der Waals surface area contributed by atoms with E-state index in [0.717, 1.165) is 0 Å². The Balaban J connectivity index is 0. The Morgan fingerprint density at radius 3 is 1.56 bits per heavy atom. The summed E-state index contributed by atoms with van der Waals surface area (Å²) in [6.07, 6.45) is 0. The van der Waals surface area contributed by atoms with Gasteiger partial charge in [0.25, 0.3) is 0 Å². The molecule has 0 saturated carbocycles. The van der Waals surface area contributed by atoms with E-state index in [-0.39, 0.29) is 19.5 Å². The summed E-state index contributed by atoms with van der Waals surface area (Å²) in [4.78, 5) is 0. The molecule has 0 spiro atoms. The zero-order valence-corrected chi connectivity index (χ0v) is 7.87. The summed E-state index contributed by atoms with van der Waals surface area (Å²) in [5.74, 6) is 0. The molecule has 9 heavy (non-hydrogen) atoms. The molecule has 59 valence electrons. The summed E-state index contributed by atoms with van der Waals surface area (Å²) in [5, 5.41) is 0. The third kappa shape index (κ3) is 5.00. The third-order valence-electron chi connectivity index (χ3n) is 0.916. The van der Waals surface area contributed by atoms with Crippen molar-refractivity contribution in [3.05, 3.63) is 0 Å². The summed E-state index contributed by atoms with van der Waals surface area (Å²) >= 11 is 0. The van der Waals surface area contributed by atoms with E-state index in [9.17, 15) is 8.42 Å². The Kier molecular flexibility index (Phi) is 9.04. The fourth-order valence-electron chi connectivity index (χ4n) is 0.434. The van der Waals surface area contributed by atoms with Crippen LogP contribution in [0.1, 0.15) is 13.8 Å². The standard InChI is InChI=1S/C4H10NO2S.Rh/c1-3-5(4-2)8(6)7;/h3-4H2,1-2H3;/q-1;. The van der Waals surface area contributed by atoms with Gasteiger partial charge in [0.05, 0.1) is 0 Å². The van der Waals surface area contributed by atoms with Crippen molar-refractivity contribution < 1.29 is 27.9 Å². The predicted molar refractivity (Wildman–Crippen MR) is 31.7 cm³/mol. The van der Waals surface area contributed by atoms with Gasteiger partial charge in [0, 0.05) is 19.5 Å². The summed E-state index contributed by atoms with van der Waals surface area (Å²) in [5.41, 5.74) is 0. The second-order valence-electron chi connectivity index (χ2n) is 1.33. The van der Waals surface area contributed by atoms with Gasteiger partial charge in [0.1, 0.15) is 0 Å². The molecule has 0 N–H and O–H groups in total. The van der Waals surface area contributed by atoms with Crippen molar-refractivity contribution in [2.24, 2.45) is 0 Å². The summed E-state index contributed by atoms with van der Waals surface area (Å²) < 4.78 is 21.5. The fraction of sp³-hybridized carbons (Fsp3) is 1.00. The zero-order chi connectivity index (χ0) is 6.57. The molecule has 5 heteroatoms. The van der Waals surface area contributed by atoms with Crippen molar-refractivity contribution in [1.82, 2.24) is 4.31 Å². The van der Waals surface area contributed by atoms with Crippen molar-refractivity contribution in [3.8, 4) is 0 Å². The maximum Gasteiger partial charge on any atom is 0 e. The predicted octanol–water partition coefficient (Wildman–Crippen LogP) is 0.550. The van der Waals surface area contributed by atoms with Crippen LogP contribution in [0.25, 0.3) is 0 Å². The Hall–Kier alpha value is 0.533. The van der Waals surface area contributed by atoms with Gasteiger partial charge in [-0.1, -0.05) is 13.8 Å². The van der Waals surface area contributed by atoms with Gasteiger partial charge in [-0.2, -0.15) is 0 Å². The molecule has 0 bridgehead atoms. The van der Waals surface area contributed by atoms with Crippen LogP contribution in [0.2, 0.25) is 0 Å². The molecule has 0 aliphatic heterocycles. The Labute approximate surface area is 70.3 Å². The second-order valence-corrected chi connectivity index (χ2v) is 2.28.